The number of benzene rings is 1. The normalized spacial score (nSPS) is 25.8. The van der Waals surface area contributed by atoms with E-state index in [-0.39, 0.29) is 29.8 Å². The third-order valence-electron chi connectivity index (χ3n) is 5.62. The number of nitrogens with one attached hydrogen (secondary N) is 1. The minimum absolute atomic E-state index is 0.0746. The van der Waals surface area contributed by atoms with Crippen LogP contribution in [0.2, 0.25) is 0 Å². The summed E-state index contributed by atoms with van der Waals surface area (Å²) in [5, 5.41) is 3.16. The number of hydrogen-bond donors (Lipinski definition) is 1. The van der Waals surface area contributed by atoms with Crippen LogP contribution < -0.4 is 10.1 Å². The van der Waals surface area contributed by atoms with Crippen molar-refractivity contribution in [3.63, 3.8) is 0 Å². The van der Waals surface area contributed by atoms with Crippen molar-refractivity contribution in [2.24, 2.45) is 0 Å². The van der Waals surface area contributed by atoms with E-state index in [0.717, 1.165) is 57.9 Å². The average Bonchev–Trinajstić information content (AvgIpc) is 2.62. The predicted octanol–water partition coefficient (Wildman–Crippen LogP) is 2.41. The third kappa shape index (κ3) is 5.62. The molecule has 0 radical (unpaired) electrons. The van der Waals surface area contributed by atoms with Crippen LogP contribution in [0.1, 0.15) is 32.6 Å². The standard InChI is InChI=1S/C20H29F2N3O2/c1-14(25-9-7-24(2)8-10-25)20(26)23-17-3-5-18(6-4-17)27-19-12-15(21)11-16(22)13-19/h11-14,17-18H,3-10H2,1-2H3,(H,23,26). The fourth-order valence-electron chi connectivity index (χ4n) is 3.81. The van der Waals surface area contributed by atoms with Crippen LogP contribution in [0.5, 0.6) is 5.75 Å². The highest BCUT2D eigenvalue weighted by atomic mass is 19.1. The van der Waals surface area contributed by atoms with E-state index in [2.05, 4.69) is 22.2 Å². The summed E-state index contributed by atoms with van der Waals surface area (Å²) in [6.07, 6.45) is 3.06. The summed E-state index contributed by atoms with van der Waals surface area (Å²) in [6, 6.07) is 3.25. The lowest BCUT2D eigenvalue weighted by Gasteiger charge is -2.37. The molecule has 1 unspecified atom stereocenters. The second-order valence-corrected chi connectivity index (χ2v) is 7.72. The number of rotatable bonds is 5. The lowest BCUT2D eigenvalue weighted by Crippen LogP contribution is -2.54. The van der Waals surface area contributed by atoms with Crippen molar-refractivity contribution in [1.29, 1.82) is 0 Å². The van der Waals surface area contributed by atoms with Gasteiger partial charge in [0.05, 0.1) is 12.1 Å². The molecule has 1 amide bonds. The minimum atomic E-state index is -0.635. The van der Waals surface area contributed by atoms with E-state index >= 15 is 0 Å². The molecule has 27 heavy (non-hydrogen) atoms. The first-order chi connectivity index (χ1) is 12.9. The van der Waals surface area contributed by atoms with E-state index in [1.54, 1.807) is 0 Å². The number of carbonyl (C=O) groups excluding carboxylic acids is 1. The average molecular weight is 381 g/mol. The van der Waals surface area contributed by atoms with Crippen LogP contribution in [-0.4, -0.2) is 67.1 Å². The molecule has 1 heterocycles. The summed E-state index contributed by atoms with van der Waals surface area (Å²) in [5.74, 6) is -0.965. The molecule has 5 nitrogen and oxygen atoms in total. The Hall–Kier alpha value is -1.73. The lowest BCUT2D eigenvalue weighted by molar-refractivity contribution is -0.127. The first-order valence-electron chi connectivity index (χ1n) is 9.76. The number of amides is 1. The summed E-state index contributed by atoms with van der Waals surface area (Å²) in [5.41, 5.74) is 0. The molecule has 0 spiro atoms. The Labute approximate surface area is 159 Å². The molecule has 1 atom stereocenters. The third-order valence-corrected chi connectivity index (χ3v) is 5.62. The molecule has 150 valence electrons. The SMILES string of the molecule is CC(C(=O)NC1CCC(Oc2cc(F)cc(F)c2)CC1)N1CCN(C)CC1. The number of hydrogen-bond acceptors (Lipinski definition) is 4. The molecule has 0 aromatic heterocycles. The van der Waals surface area contributed by atoms with Crippen LogP contribution in [0, 0.1) is 11.6 Å². The summed E-state index contributed by atoms with van der Waals surface area (Å²) in [7, 11) is 2.10. The molecule has 7 heteroatoms. The zero-order valence-corrected chi connectivity index (χ0v) is 16.1. The van der Waals surface area contributed by atoms with Crippen LogP contribution in [-0.2, 0) is 4.79 Å². The molecular weight excluding hydrogens is 352 g/mol. The van der Waals surface area contributed by atoms with Gasteiger partial charge in [0.2, 0.25) is 5.91 Å². The molecule has 2 fully saturated rings. The van der Waals surface area contributed by atoms with Gasteiger partial charge in [-0.2, -0.15) is 0 Å². The summed E-state index contributed by atoms with van der Waals surface area (Å²) in [4.78, 5) is 17.1. The van der Waals surface area contributed by atoms with Gasteiger partial charge >= 0.3 is 0 Å². The number of nitrogens with zero attached hydrogens (tertiary/aromatic N) is 2. The highest BCUT2D eigenvalue weighted by Gasteiger charge is 2.28. The maximum atomic E-state index is 13.3. The molecule has 1 saturated heterocycles. The summed E-state index contributed by atoms with van der Waals surface area (Å²) < 4.78 is 32.2. The monoisotopic (exact) mass is 381 g/mol. The molecule has 2 aliphatic rings. The van der Waals surface area contributed by atoms with Crippen molar-refractivity contribution in [2.45, 2.75) is 50.8 Å². The molecule has 1 aliphatic heterocycles. The van der Waals surface area contributed by atoms with Gasteiger partial charge in [-0.15, -0.1) is 0 Å². The van der Waals surface area contributed by atoms with E-state index in [0.29, 0.717) is 0 Å². The molecular formula is C20H29F2N3O2. The van der Waals surface area contributed by atoms with Gasteiger partial charge in [-0.1, -0.05) is 0 Å². The molecule has 1 aromatic rings. The van der Waals surface area contributed by atoms with Crippen LogP contribution in [0.25, 0.3) is 0 Å². The van der Waals surface area contributed by atoms with Crippen molar-refractivity contribution < 1.29 is 18.3 Å². The van der Waals surface area contributed by atoms with Crippen LogP contribution in [0.3, 0.4) is 0 Å². The zero-order valence-electron chi connectivity index (χ0n) is 16.1. The lowest BCUT2D eigenvalue weighted by atomic mass is 9.92. The fraction of sp³-hybridized carbons (Fsp3) is 0.650. The first kappa shape index (κ1) is 20.0. The van der Waals surface area contributed by atoms with Gasteiger partial charge < -0.3 is 15.0 Å². The minimum Gasteiger partial charge on any atom is -0.490 e. The number of piperazine rings is 1. The van der Waals surface area contributed by atoms with Crippen LogP contribution in [0.4, 0.5) is 8.78 Å². The second-order valence-electron chi connectivity index (χ2n) is 7.72. The Morgan fingerprint density at radius 2 is 1.67 bits per heavy atom. The van der Waals surface area contributed by atoms with Crippen LogP contribution >= 0.6 is 0 Å². The summed E-state index contributed by atoms with van der Waals surface area (Å²) in [6.45, 7) is 5.76. The number of carbonyl (C=O) groups is 1. The Kier molecular flexibility index (Phi) is 6.65. The van der Waals surface area contributed by atoms with Crippen LogP contribution in [0.15, 0.2) is 18.2 Å². The van der Waals surface area contributed by atoms with E-state index in [1.807, 2.05) is 6.92 Å². The molecule has 1 aromatic carbocycles. The smallest absolute Gasteiger partial charge is 0.237 e. The Balaban J connectivity index is 1.43. The highest BCUT2D eigenvalue weighted by Crippen LogP contribution is 2.25. The van der Waals surface area contributed by atoms with E-state index in [1.165, 1.54) is 12.1 Å². The fourth-order valence-corrected chi connectivity index (χ4v) is 3.81. The van der Waals surface area contributed by atoms with Crippen molar-refractivity contribution in [2.75, 3.05) is 33.2 Å². The van der Waals surface area contributed by atoms with Gasteiger partial charge in [0.1, 0.15) is 17.4 Å². The van der Waals surface area contributed by atoms with Crippen molar-refractivity contribution >= 4 is 5.91 Å². The largest absolute Gasteiger partial charge is 0.490 e. The van der Waals surface area contributed by atoms with Gasteiger partial charge in [0, 0.05) is 50.4 Å². The molecule has 1 N–H and O–H groups in total. The number of halogens is 2. The van der Waals surface area contributed by atoms with E-state index in [4.69, 9.17) is 4.74 Å². The molecule has 0 bridgehead atoms. The van der Waals surface area contributed by atoms with E-state index < -0.39 is 11.6 Å². The Morgan fingerprint density at radius 3 is 2.26 bits per heavy atom. The maximum absolute atomic E-state index is 13.3. The summed E-state index contributed by atoms with van der Waals surface area (Å²) >= 11 is 0. The Morgan fingerprint density at radius 1 is 1.07 bits per heavy atom. The number of ether oxygens (including phenoxy) is 1. The van der Waals surface area contributed by atoms with Crippen molar-refractivity contribution in [3.8, 4) is 5.75 Å². The quantitative estimate of drug-likeness (QED) is 0.851. The van der Waals surface area contributed by atoms with Gasteiger partial charge in [0.15, 0.2) is 0 Å². The van der Waals surface area contributed by atoms with Crippen molar-refractivity contribution in [3.05, 3.63) is 29.8 Å². The van der Waals surface area contributed by atoms with Gasteiger partial charge in [-0.05, 0) is 39.7 Å². The van der Waals surface area contributed by atoms with Gasteiger partial charge in [0.25, 0.3) is 0 Å². The molecule has 1 saturated carbocycles. The van der Waals surface area contributed by atoms with Gasteiger partial charge in [-0.25, -0.2) is 8.78 Å². The zero-order chi connectivity index (χ0) is 19.4. The number of likely N-dealkylation sites (N-methyl/N-ethyl adjacent to an activating group) is 1. The predicted molar refractivity (Wildman–Crippen MR) is 99.7 cm³/mol. The van der Waals surface area contributed by atoms with E-state index in [9.17, 15) is 13.6 Å². The highest BCUT2D eigenvalue weighted by molar-refractivity contribution is 5.81. The maximum Gasteiger partial charge on any atom is 0.237 e. The molecule has 1 aliphatic carbocycles. The second kappa shape index (κ2) is 8.97. The molecule has 3 rings (SSSR count). The van der Waals surface area contributed by atoms with Gasteiger partial charge in [-0.3, -0.25) is 9.69 Å². The topological polar surface area (TPSA) is 44.8 Å². The first-order valence-corrected chi connectivity index (χ1v) is 9.76. The Bertz CT molecular complexity index is 622. The van der Waals surface area contributed by atoms with Crippen molar-refractivity contribution in [1.82, 2.24) is 15.1 Å².